The number of hydrogen-bond acceptors (Lipinski definition) is 2. The van der Waals surface area contributed by atoms with E-state index in [1.807, 2.05) is 11.8 Å². The number of halogens is 1. The molecule has 2 atom stereocenters. The van der Waals surface area contributed by atoms with Crippen LogP contribution in [0, 0.1) is 12.7 Å². The van der Waals surface area contributed by atoms with Crippen molar-refractivity contribution < 1.29 is 9.18 Å². The molecule has 3 rings (SSSR count). The van der Waals surface area contributed by atoms with Crippen molar-refractivity contribution >= 4 is 5.91 Å². The van der Waals surface area contributed by atoms with E-state index in [-0.39, 0.29) is 17.5 Å². The Morgan fingerprint density at radius 1 is 1.19 bits per heavy atom. The molecular weight excluding hydrogens is 267 g/mol. The number of hydrogen-bond donors (Lipinski definition) is 0. The Hall–Kier alpha value is -1.42. The minimum absolute atomic E-state index is 0.140. The predicted molar refractivity (Wildman–Crippen MR) is 80.8 cm³/mol. The molecule has 2 aliphatic heterocycles. The minimum Gasteiger partial charge on any atom is -0.334 e. The molecule has 0 aromatic heterocycles. The van der Waals surface area contributed by atoms with Gasteiger partial charge in [-0.15, -0.1) is 0 Å². The Morgan fingerprint density at radius 3 is 2.62 bits per heavy atom. The molecule has 2 heterocycles. The van der Waals surface area contributed by atoms with Crippen molar-refractivity contribution in [2.75, 3.05) is 20.1 Å². The molecule has 2 fully saturated rings. The first-order valence-corrected chi connectivity index (χ1v) is 7.85. The summed E-state index contributed by atoms with van der Waals surface area (Å²) >= 11 is 0. The van der Waals surface area contributed by atoms with E-state index >= 15 is 0 Å². The second kappa shape index (κ2) is 5.76. The lowest BCUT2D eigenvalue weighted by molar-refractivity contribution is 0.0659. The number of benzene rings is 1. The Labute approximate surface area is 125 Å². The first-order chi connectivity index (χ1) is 10.1. The quantitative estimate of drug-likeness (QED) is 0.836. The van der Waals surface area contributed by atoms with E-state index in [9.17, 15) is 9.18 Å². The monoisotopic (exact) mass is 290 g/mol. The van der Waals surface area contributed by atoms with Crippen LogP contribution in [-0.2, 0) is 0 Å². The third-order valence-corrected chi connectivity index (χ3v) is 4.93. The van der Waals surface area contributed by atoms with Crippen molar-refractivity contribution in [2.24, 2.45) is 0 Å². The first kappa shape index (κ1) is 14.5. The lowest BCUT2D eigenvalue weighted by Crippen LogP contribution is -2.47. The highest BCUT2D eigenvalue weighted by Gasteiger charge is 2.39. The van der Waals surface area contributed by atoms with Crippen LogP contribution in [0.2, 0.25) is 0 Å². The summed E-state index contributed by atoms with van der Waals surface area (Å²) < 4.78 is 14.0. The van der Waals surface area contributed by atoms with Gasteiger partial charge in [0.25, 0.3) is 5.91 Å². The van der Waals surface area contributed by atoms with E-state index in [0.29, 0.717) is 6.04 Å². The van der Waals surface area contributed by atoms with Gasteiger partial charge in [-0.3, -0.25) is 4.79 Å². The first-order valence-electron chi connectivity index (χ1n) is 7.85. The van der Waals surface area contributed by atoms with E-state index in [4.69, 9.17) is 0 Å². The highest BCUT2D eigenvalue weighted by molar-refractivity contribution is 5.95. The van der Waals surface area contributed by atoms with Crippen molar-refractivity contribution in [1.82, 2.24) is 9.80 Å². The molecule has 21 heavy (non-hydrogen) atoms. The fourth-order valence-corrected chi connectivity index (χ4v) is 3.82. The van der Waals surface area contributed by atoms with E-state index < -0.39 is 5.82 Å². The number of aryl methyl sites for hydroxylation is 1. The summed E-state index contributed by atoms with van der Waals surface area (Å²) in [6.07, 6.45) is 4.39. The lowest BCUT2D eigenvalue weighted by Gasteiger charge is -2.33. The third-order valence-electron chi connectivity index (χ3n) is 4.93. The highest BCUT2D eigenvalue weighted by Crippen LogP contribution is 2.30. The van der Waals surface area contributed by atoms with Crippen LogP contribution >= 0.6 is 0 Å². The van der Waals surface area contributed by atoms with Gasteiger partial charge in [-0.05, 0) is 58.3 Å². The van der Waals surface area contributed by atoms with Gasteiger partial charge in [-0.25, -0.2) is 4.39 Å². The molecular formula is C17H23FN2O. The molecule has 0 N–H and O–H groups in total. The summed E-state index contributed by atoms with van der Waals surface area (Å²) in [6.45, 7) is 3.74. The van der Waals surface area contributed by atoms with Crippen molar-refractivity contribution in [1.29, 1.82) is 0 Å². The molecule has 0 radical (unpaired) electrons. The molecule has 0 bridgehead atoms. The van der Waals surface area contributed by atoms with Gasteiger partial charge in [0.15, 0.2) is 0 Å². The highest BCUT2D eigenvalue weighted by atomic mass is 19.1. The Morgan fingerprint density at radius 2 is 1.90 bits per heavy atom. The van der Waals surface area contributed by atoms with Crippen LogP contribution in [0.5, 0.6) is 0 Å². The fourth-order valence-electron chi connectivity index (χ4n) is 3.82. The molecule has 114 valence electrons. The van der Waals surface area contributed by atoms with Crippen LogP contribution < -0.4 is 0 Å². The zero-order chi connectivity index (χ0) is 15.0. The van der Waals surface area contributed by atoms with E-state index in [2.05, 4.69) is 11.9 Å². The van der Waals surface area contributed by atoms with E-state index in [1.54, 1.807) is 12.1 Å². The number of rotatable bonds is 2. The molecule has 0 unspecified atom stereocenters. The summed E-state index contributed by atoms with van der Waals surface area (Å²) in [7, 11) is 2.13. The van der Waals surface area contributed by atoms with Crippen LogP contribution in [0.1, 0.15) is 41.6 Å². The Bertz CT molecular complexity index is 546. The van der Waals surface area contributed by atoms with Crippen LogP contribution in [0.3, 0.4) is 0 Å². The predicted octanol–water partition coefficient (Wildman–Crippen LogP) is 2.83. The number of carbonyl (C=O) groups is 1. The maximum Gasteiger partial charge on any atom is 0.257 e. The normalized spacial score (nSPS) is 26.5. The van der Waals surface area contributed by atoms with Gasteiger partial charge in [-0.1, -0.05) is 11.6 Å². The summed E-state index contributed by atoms with van der Waals surface area (Å²) in [6, 6.07) is 5.45. The lowest BCUT2D eigenvalue weighted by atomic mass is 10.0. The summed E-state index contributed by atoms with van der Waals surface area (Å²) in [5.41, 5.74) is 1.15. The van der Waals surface area contributed by atoms with Crippen molar-refractivity contribution in [3.8, 4) is 0 Å². The summed E-state index contributed by atoms with van der Waals surface area (Å²) in [5, 5.41) is 0. The third kappa shape index (κ3) is 2.69. The van der Waals surface area contributed by atoms with Crippen LogP contribution in [0.4, 0.5) is 4.39 Å². The van der Waals surface area contributed by atoms with Crippen molar-refractivity contribution in [3.05, 3.63) is 35.1 Å². The van der Waals surface area contributed by atoms with Gasteiger partial charge in [0.05, 0.1) is 5.56 Å². The molecule has 1 amide bonds. The minimum atomic E-state index is -0.406. The Kier molecular flexibility index (Phi) is 3.98. The maximum absolute atomic E-state index is 14.0. The smallest absolute Gasteiger partial charge is 0.257 e. The molecule has 1 aromatic carbocycles. The average Bonchev–Trinajstić information content (AvgIpc) is 3.08. The van der Waals surface area contributed by atoms with Gasteiger partial charge >= 0.3 is 0 Å². The van der Waals surface area contributed by atoms with Crippen molar-refractivity contribution in [2.45, 2.75) is 44.7 Å². The standard InChI is InChI=1S/C17H23FN2O/c1-12-7-8-14(18)13(11-12)17(21)20-10-4-6-16(20)15-5-3-9-19(15)2/h7-8,11,15-16H,3-6,9-10H2,1-2H3/t15-,16+/m0/s1. The number of amides is 1. The van der Waals surface area contributed by atoms with Crippen LogP contribution in [-0.4, -0.2) is 47.9 Å². The molecule has 2 saturated heterocycles. The largest absolute Gasteiger partial charge is 0.334 e. The van der Waals surface area contributed by atoms with Gasteiger partial charge in [0.1, 0.15) is 5.82 Å². The second-order valence-corrected chi connectivity index (χ2v) is 6.38. The molecule has 1 aromatic rings. The van der Waals surface area contributed by atoms with E-state index in [0.717, 1.165) is 37.9 Å². The number of likely N-dealkylation sites (N-methyl/N-ethyl adjacent to an activating group) is 1. The van der Waals surface area contributed by atoms with Crippen LogP contribution in [0.25, 0.3) is 0 Å². The Balaban J connectivity index is 1.84. The van der Waals surface area contributed by atoms with Gasteiger partial charge in [0.2, 0.25) is 0 Å². The molecule has 3 nitrogen and oxygen atoms in total. The zero-order valence-electron chi connectivity index (χ0n) is 12.8. The zero-order valence-corrected chi connectivity index (χ0v) is 12.8. The second-order valence-electron chi connectivity index (χ2n) is 6.38. The van der Waals surface area contributed by atoms with E-state index in [1.165, 1.54) is 12.5 Å². The number of carbonyl (C=O) groups excluding carboxylic acids is 1. The summed E-state index contributed by atoms with van der Waals surface area (Å²) in [5.74, 6) is -0.546. The van der Waals surface area contributed by atoms with Gasteiger partial charge in [0, 0.05) is 18.6 Å². The van der Waals surface area contributed by atoms with Crippen molar-refractivity contribution in [3.63, 3.8) is 0 Å². The van der Waals surface area contributed by atoms with Crippen LogP contribution in [0.15, 0.2) is 18.2 Å². The molecule has 2 aliphatic rings. The number of nitrogens with zero attached hydrogens (tertiary/aromatic N) is 2. The topological polar surface area (TPSA) is 23.6 Å². The SMILES string of the molecule is Cc1ccc(F)c(C(=O)N2CCC[C@@H]2[C@@H]2CCCN2C)c1. The number of likely N-dealkylation sites (tertiary alicyclic amines) is 2. The summed E-state index contributed by atoms with van der Waals surface area (Å²) in [4.78, 5) is 17.0. The average molecular weight is 290 g/mol. The molecule has 0 aliphatic carbocycles. The maximum atomic E-state index is 14.0. The fraction of sp³-hybridized carbons (Fsp3) is 0.588. The van der Waals surface area contributed by atoms with Gasteiger partial charge < -0.3 is 9.80 Å². The van der Waals surface area contributed by atoms with Gasteiger partial charge in [-0.2, -0.15) is 0 Å². The molecule has 0 spiro atoms. The molecule has 4 heteroatoms. The molecule has 0 saturated carbocycles.